The molecule has 1 fully saturated rings. The number of benzene rings is 1. The number of amides is 1. The zero-order valence-electron chi connectivity index (χ0n) is 14.8. The summed E-state index contributed by atoms with van der Waals surface area (Å²) in [5, 5.41) is 0.740. The van der Waals surface area contributed by atoms with E-state index < -0.39 is 0 Å². The van der Waals surface area contributed by atoms with Crippen molar-refractivity contribution in [2.24, 2.45) is 0 Å². The van der Waals surface area contributed by atoms with Crippen molar-refractivity contribution < 1.29 is 9.53 Å². The number of pyridine rings is 1. The van der Waals surface area contributed by atoms with Crippen LogP contribution in [0.25, 0.3) is 0 Å². The van der Waals surface area contributed by atoms with Crippen molar-refractivity contribution in [2.45, 2.75) is 18.9 Å². The third kappa shape index (κ3) is 4.67. The first-order valence-corrected chi connectivity index (χ1v) is 9.25. The van der Waals surface area contributed by atoms with Gasteiger partial charge in [-0.1, -0.05) is 29.3 Å². The molecule has 138 valence electrons. The maximum absolute atomic E-state index is 12.5. The molecule has 1 aromatic heterocycles. The number of likely N-dealkylation sites (N-methyl/N-ethyl adjacent to an activating group) is 2. The molecule has 1 aliphatic rings. The molecule has 7 heteroatoms. The summed E-state index contributed by atoms with van der Waals surface area (Å²) in [4.78, 5) is 20.7. The highest BCUT2D eigenvalue weighted by atomic mass is 35.5. The van der Waals surface area contributed by atoms with E-state index in [0.29, 0.717) is 39.8 Å². The van der Waals surface area contributed by atoms with Gasteiger partial charge in [0.1, 0.15) is 10.8 Å². The van der Waals surface area contributed by atoms with Crippen molar-refractivity contribution in [3.63, 3.8) is 0 Å². The number of halogens is 2. The minimum atomic E-state index is -0.0611. The van der Waals surface area contributed by atoms with E-state index >= 15 is 0 Å². The Kier molecular flexibility index (Phi) is 6.01. The van der Waals surface area contributed by atoms with Crippen molar-refractivity contribution in [1.29, 1.82) is 0 Å². The Labute approximate surface area is 163 Å². The molecular weight excluding hydrogens is 373 g/mol. The molecule has 0 bridgehead atoms. The molecule has 1 heterocycles. The van der Waals surface area contributed by atoms with E-state index in [2.05, 4.69) is 16.9 Å². The Hall–Kier alpha value is -1.82. The normalized spacial score (nSPS) is 13.7. The van der Waals surface area contributed by atoms with Gasteiger partial charge in [0, 0.05) is 38.4 Å². The van der Waals surface area contributed by atoms with Crippen LogP contribution >= 0.6 is 23.2 Å². The van der Waals surface area contributed by atoms with E-state index in [4.69, 9.17) is 27.9 Å². The fraction of sp³-hybridized carbons (Fsp3) is 0.368. The van der Waals surface area contributed by atoms with Crippen LogP contribution in [0.3, 0.4) is 0 Å². The molecule has 2 aromatic rings. The number of aromatic nitrogens is 1. The maximum atomic E-state index is 12.5. The average Bonchev–Trinajstić information content (AvgIpc) is 3.48. The van der Waals surface area contributed by atoms with Crippen LogP contribution in [0.5, 0.6) is 11.6 Å². The third-order valence-electron chi connectivity index (χ3n) is 4.42. The first-order chi connectivity index (χ1) is 12.5. The van der Waals surface area contributed by atoms with Gasteiger partial charge < -0.3 is 14.5 Å². The molecule has 0 atom stereocenters. The van der Waals surface area contributed by atoms with Crippen LogP contribution in [0, 0.1) is 0 Å². The molecule has 1 amide bonds. The van der Waals surface area contributed by atoms with Crippen LogP contribution in [-0.2, 0) is 0 Å². The highest BCUT2D eigenvalue weighted by molar-refractivity contribution is 6.42. The fourth-order valence-electron chi connectivity index (χ4n) is 2.57. The molecule has 0 N–H and O–H groups in total. The van der Waals surface area contributed by atoms with Gasteiger partial charge in [0.2, 0.25) is 5.88 Å². The lowest BCUT2D eigenvalue weighted by Crippen LogP contribution is -2.35. The van der Waals surface area contributed by atoms with Crippen LogP contribution in [0.15, 0.2) is 36.5 Å². The second kappa shape index (κ2) is 8.25. The Morgan fingerprint density at radius 1 is 1.19 bits per heavy atom. The zero-order valence-corrected chi connectivity index (χ0v) is 16.3. The summed E-state index contributed by atoms with van der Waals surface area (Å²) in [5.41, 5.74) is 0.520. The summed E-state index contributed by atoms with van der Waals surface area (Å²) < 4.78 is 5.64. The molecule has 0 radical (unpaired) electrons. The smallest absolute Gasteiger partial charge is 0.255 e. The van der Waals surface area contributed by atoms with Crippen molar-refractivity contribution in [2.75, 3.05) is 27.2 Å². The van der Waals surface area contributed by atoms with Crippen LogP contribution in [0.4, 0.5) is 0 Å². The first kappa shape index (κ1) is 19.0. The quantitative estimate of drug-likeness (QED) is 0.701. The predicted octanol–water partition coefficient (Wildman–Crippen LogP) is 4.35. The number of carbonyl (C=O) groups is 1. The van der Waals surface area contributed by atoms with Gasteiger partial charge in [-0.3, -0.25) is 4.79 Å². The standard InChI is InChI=1S/C19H21Cl2N3O2/c1-23(14-7-8-14)10-11-24(2)19(25)13-6-9-17(22-12-13)26-16-5-3-4-15(20)18(16)21/h3-6,9,12,14H,7-8,10-11H2,1-2H3. The summed E-state index contributed by atoms with van der Waals surface area (Å²) in [7, 11) is 3.91. The van der Waals surface area contributed by atoms with E-state index in [-0.39, 0.29) is 5.91 Å². The van der Waals surface area contributed by atoms with Crippen LogP contribution in [-0.4, -0.2) is 53.9 Å². The third-order valence-corrected chi connectivity index (χ3v) is 5.22. The van der Waals surface area contributed by atoms with Crippen LogP contribution < -0.4 is 4.74 Å². The van der Waals surface area contributed by atoms with Crippen molar-refractivity contribution >= 4 is 29.1 Å². The molecule has 26 heavy (non-hydrogen) atoms. The van der Waals surface area contributed by atoms with Gasteiger partial charge in [-0.2, -0.15) is 0 Å². The minimum Gasteiger partial charge on any atom is -0.437 e. The molecule has 0 unspecified atom stereocenters. The molecule has 0 spiro atoms. The van der Waals surface area contributed by atoms with Crippen LogP contribution in [0.1, 0.15) is 23.2 Å². The fourth-order valence-corrected chi connectivity index (χ4v) is 2.90. The predicted molar refractivity (Wildman–Crippen MR) is 103 cm³/mol. The summed E-state index contributed by atoms with van der Waals surface area (Å²) >= 11 is 12.1. The second-order valence-corrected chi connectivity index (χ2v) is 7.26. The monoisotopic (exact) mass is 393 g/mol. The largest absolute Gasteiger partial charge is 0.437 e. The lowest BCUT2D eigenvalue weighted by atomic mass is 10.2. The van der Waals surface area contributed by atoms with E-state index in [1.807, 2.05) is 0 Å². The van der Waals surface area contributed by atoms with E-state index in [0.717, 1.165) is 6.54 Å². The van der Waals surface area contributed by atoms with Gasteiger partial charge in [-0.05, 0) is 38.1 Å². The molecule has 1 saturated carbocycles. The highest BCUT2D eigenvalue weighted by Crippen LogP contribution is 2.34. The van der Waals surface area contributed by atoms with E-state index in [9.17, 15) is 4.79 Å². The molecule has 3 rings (SSSR count). The number of carbonyl (C=O) groups excluding carboxylic acids is 1. The summed E-state index contributed by atoms with van der Waals surface area (Å²) in [6, 6.07) is 9.17. The molecule has 0 aliphatic heterocycles. The molecule has 1 aliphatic carbocycles. The number of hydrogen-bond acceptors (Lipinski definition) is 4. The Morgan fingerprint density at radius 3 is 2.62 bits per heavy atom. The Morgan fingerprint density at radius 2 is 1.96 bits per heavy atom. The number of hydrogen-bond donors (Lipinski definition) is 0. The van der Waals surface area contributed by atoms with Gasteiger partial charge in [0.15, 0.2) is 0 Å². The van der Waals surface area contributed by atoms with Gasteiger partial charge in [-0.15, -0.1) is 0 Å². The Balaban J connectivity index is 1.59. The summed E-state index contributed by atoms with van der Waals surface area (Å²) in [6.45, 7) is 1.55. The maximum Gasteiger partial charge on any atom is 0.255 e. The SMILES string of the molecule is CN(CCN(C)C1CC1)C(=O)c1ccc(Oc2cccc(Cl)c2Cl)nc1. The lowest BCUT2D eigenvalue weighted by Gasteiger charge is -2.22. The number of rotatable bonds is 7. The van der Waals surface area contributed by atoms with Gasteiger partial charge in [0.25, 0.3) is 5.91 Å². The van der Waals surface area contributed by atoms with Gasteiger partial charge in [0.05, 0.1) is 10.6 Å². The topological polar surface area (TPSA) is 45.7 Å². The average molecular weight is 394 g/mol. The van der Waals surface area contributed by atoms with Gasteiger partial charge in [-0.25, -0.2) is 4.98 Å². The molecule has 0 saturated heterocycles. The number of ether oxygens (including phenoxy) is 1. The zero-order chi connectivity index (χ0) is 18.7. The van der Waals surface area contributed by atoms with Crippen molar-refractivity contribution in [3.8, 4) is 11.6 Å². The molecule has 5 nitrogen and oxygen atoms in total. The molecule has 1 aromatic carbocycles. The van der Waals surface area contributed by atoms with E-state index in [1.165, 1.54) is 19.0 Å². The number of nitrogens with zero attached hydrogens (tertiary/aromatic N) is 3. The van der Waals surface area contributed by atoms with Crippen LogP contribution in [0.2, 0.25) is 10.0 Å². The summed E-state index contributed by atoms with van der Waals surface area (Å²) in [6.07, 6.45) is 4.03. The second-order valence-electron chi connectivity index (χ2n) is 6.48. The summed E-state index contributed by atoms with van der Waals surface area (Å²) in [5.74, 6) is 0.710. The minimum absolute atomic E-state index is 0.0611. The lowest BCUT2D eigenvalue weighted by molar-refractivity contribution is 0.0781. The highest BCUT2D eigenvalue weighted by Gasteiger charge is 2.26. The molecular formula is C19H21Cl2N3O2. The van der Waals surface area contributed by atoms with Gasteiger partial charge >= 0.3 is 0 Å². The van der Waals surface area contributed by atoms with E-state index in [1.54, 1.807) is 42.3 Å². The Bertz CT molecular complexity index is 779. The first-order valence-electron chi connectivity index (χ1n) is 8.49. The van der Waals surface area contributed by atoms with Crippen molar-refractivity contribution in [3.05, 3.63) is 52.1 Å². The van der Waals surface area contributed by atoms with Crippen molar-refractivity contribution in [1.82, 2.24) is 14.8 Å².